The number of halogens is 1. The second kappa shape index (κ2) is 4.51. The van der Waals surface area contributed by atoms with Crippen molar-refractivity contribution in [2.75, 3.05) is 6.54 Å². The Bertz CT molecular complexity index is 286. The van der Waals surface area contributed by atoms with Gasteiger partial charge in [-0.2, -0.15) is 0 Å². The number of aromatic nitrogens is 1. The summed E-state index contributed by atoms with van der Waals surface area (Å²) in [5.74, 6) is -0.653. The molecule has 1 amide bonds. The van der Waals surface area contributed by atoms with Crippen LogP contribution in [0.2, 0.25) is 0 Å². The molecule has 0 atom stereocenters. The Kier molecular flexibility index (Phi) is 3.33. The molecule has 0 spiro atoms. The summed E-state index contributed by atoms with van der Waals surface area (Å²) in [7, 11) is 0. The number of rotatable bonds is 3. The Balaban J connectivity index is 2.46. The summed E-state index contributed by atoms with van der Waals surface area (Å²) in [5, 5.41) is 2.52. The molecule has 1 aromatic rings. The van der Waals surface area contributed by atoms with Crippen LogP contribution in [0.25, 0.3) is 0 Å². The molecule has 0 aliphatic carbocycles. The molecule has 1 aromatic heterocycles. The second-order valence-electron chi connectivity index (χ2n) is 2.45. The molecule has 0 radical (unpaired) electrons. The fourth-order valence-electron chi connectivity index (χ4n) is 0.772. The van der Waals surface area contributed by atoms with Crippen molar-refractivity contribution in [2.24, 2.45) is 5.73 Å². The number of nitrogens with one attached hydrogen (secondary N) is 1. The summed E-state index contributed by atoms with van der Waals surface area (Å²) < 4.78 is 12.4. The first kappa shape index (κ1) is 9.60. The predicted octanol–water partition coefficient (Wildman–Crippen LogP) is -0.204. The van der Waals surface area contributed by atoms with Crippen molar-refractivity contribution in [3.8, 4) is 0 Å². The van der Waals surface area contributed by atoms with Crippen LogP contribution >= 0.6 is 0 Å². The minimum Gasteiger partial charge on any atom is -0.349 e. The van der Waals surface area contributed by atoms with E-state index in [1.807, 2.05) is 0 Å². The molecular weight excluding hydrogens is 173 g/mol. The van der Waals surface area contributed by atoms with Gasteiger partial charge in [0.2, 0.25) is 5.91 Å². The van der Waals surface area contributed by atoms with Gasteiger partial charge in [0.15, 0.2) is 0 Å². The summed E-state index contributed by atoms with van der Waals surface area (Å²) in [6.07, 6.45) is 1.10. The second-order valence-corrected chi connectivity index (χ2v) is 2.45. The van der Waals surface area contributed by atoms with Crippen molar-refractivity contribution in [3.63, 3.8) is 0 Å². The summed E-state index contributed by atoms with van der Waals surface area (Å²) in [5.41, 5.74) is 5.67. The molecule has 1 rings (SSSR count). The summed E-state index contributed by atoms with van der Waals surface area (Å²) >= 11 is 0. The molecule has 5 heteroatoms. The molecular formula is C8H10FN3O. The molecule has 0 fully saturated rings. The monoisotopic (exact) mass is 183 g/mol. The zero-order valence-corrected chi connectivity index (χ0v) is 6.96. The average Bonchev–Trinajstić information content (AvgIpc) is 2.16. The van der Waals surface area contributed by atoms with Gasteiger partial charge in [0.1, 0.15) is 5.82 Å². The lowest BCUT2D eigenvalue weighted by Gasteiger charge is -2.01. The van der Waals surface area contributed by atoms with Crippen molar-refractivity contribution < 1.29 is 9.18 Å². The third kappa shape index (κ3) is 3.16. The SMILES string of the molecule is NCC(=O)NCc1ccc(F)cn1. The van der Waals surface area contributed by atoms with Crippen LogP contribution in [0.5, 0.6) is 0 Å². The van der Waals surface area contributed by atoms with E-state index in [4.69, 9.17) is 5.73 Å². The van der Waals surface area contributed by atoms with Gasteiger partial charge in [0.05, 0.1) is 25.0 Å². The number of hydrogen-bond acceptors (Lipinski definition) is 3. The number of amides is 1. The van der Waals surface area contributed by atoms with Crippen LogP contribution in [0, 0.1) is 5.82 Å². The van der Waals surface area contributed by atoms with Gasteiger partial charge in [-0.3, -0.25) is 9.78 Å². The molecule has 4 nitrogen and oxygen atoms in total. The maximum atomic E-state index is 12.4. The van der Waals surface area contributed by atoms with E-state index in [0.29, 0.717) is 5.69 Å². The minimum atomic E-state index is -0.395. The van der Waals surface area contributed by atoms with E-state index in [1.165, 1.54) is 12.1 Å². The zero-order valence-electron chi connectivity index (χ0n) is 6.96. The largest absolute Gasteiger partial charge is 0.349 e. The Labute approximate surface area is 75.0 Å². The third-order valence-corrected chi connectivity index (χ3v) is 1.44. The maximum Gasteiger partial charge on any atom is 0.234 e. The number of carbonyl (C=O) groups is 1. The molecule has 70 valence electrons. The topological polar surface area (TPSA) is 68.0 Å². The smallest absolute Gasteiger partial charge is 0.234 e. The van der Waals surface area contributed by atoms with Gasteiger partial charge in [-0.1, -0.05) is 0 Å². The summed E-state index contributed by atoms with van der Waals surface area (Å²) in [6, 6.07) is 2.79. The van der Waals surface area contributed by atoms with Gasteiger partial charge < -0.3 is 11.1 Å². The number of pyridine rings is 1. The van der Waals surface area contributed by atoms with E-state index in [9.17, 15) is 9.18 Å². The van der Waals surface area contributed by atoms with Crippen LogP contribution in [0.3, 0.4) is 0 Å². The molecule has 0 saturated heterocycles. The molecule has 0 unspecified atom stereocenters. The Morgan fingerprint density at radius 1 is 1.62 bits per heavy atom. The number of nitrogens with zero attached hydrogens (tertiary/aromatic N) is 1. The predicted molar refractivity (Wildman–Crippen MR) is 45.1 cm³/mol. The van der Waals surface area contributed by atoms with Gasteiger partial charge in [-0.05, 0) is 12.1 Å². The van der Waals surface area contributed by atoms with Gasteiger partial charge in [0, 0.05) is 0 Å². The normalized spacial score (nSPS) is 9.69. The highest BCUT2D eigenvalue weighted by molar-refractivity contribution is 5.77. The number of hydrogen-bond donors (Lipinski definition) is 2. The highest BCUT2D eigenvalue weighted by Gasteiger charge is 1.98. The maximum absolute atomic E-state index is 12.4. The van der Waals surface area contributed by atoms with Crippen LogP contribution in [0.15, 0.2) is 18.3 Å². The van der Waals surface area contributed by atoms with Crippen molar-refractivity contribution in [3.05, 3.63) is 29.8 Å². The van der Waals surface area contributed by atoms with Crippen molar-refractivity contribution in [2.45, 2.75) is 6.54 Å². The van der Waals surface area contributed by atoms with E-state index in [2.05, 4.69) is 10.3 Å². The zero-order chi connectivity index (χ0) is 9.68. The number of carbonyl (C=O) groups excluding carboxylic acids is 1. The van der Waals surface area contributed by atoms with Crippen LogP contribution in [-0.2, 0) is 11.3 Å². The van der Waals surface area contributed by atoms with Gasteiger partial charge in [-0.25, -0.2) is 4.39 Å². The standard InChI is InChI=1S/C8H10FN3O/c9-6-1-2-7(11-4-6)5-12-8(13)3-10/h1-2,4H,3,5,10H2,(H,12,13). The van der Waals surface area contributed by atoms with Crippen molar-refractivity contribution in [1.82, 2.24) is 10.3 Å². The van der Waals surface area contributed by atoms with E-state index in [0.717, 1.165) is 6.20 Å². The number of nitrogens with two attached hydrogens (primary N) is 1. The van der Waals surface area contributed by atoms with Gasteiger partial charge >= 0.3 is 0 Å². The molecule has 1 heterocycles. The Morgan fingerprint density at radius 3 is 2.92 bits per heavy atom. The van der Waals surface area contributed by atoms with Crippen LogP contribution < -0.4 is 11.1 Å². The Morgan fingerprint density at radius 2 is 2.38 bits per heavy atom. The molecule has 3 N–H and O–H groups in total. The first-order valence-corrected chi connectivity index (χ1v) is 3.79. The molecule has 0 aromatic carbocycles. The van der Waals surface area contributed by atoms with Crippen LogP contribution in [0.1, 0.15) is 5.69 Å². The lowest BCUT2D eigenvalue weighted by atomic mass is 10.3. The van der Waals surface area contributed by atoms with E-state index >= 15 is 0 Å². The quantitative estimate of drug-likeness (QED) is 0.681. The fourth-order valence-corrected chi connectivity index (χ4v) is 0.772. The highest BCUT2D eigenvalue weighted by atomic mass is 19.1. The summed E-state index contributed by atoms with van der Waals surface area (Å²) in [6.45, 7) is 0.220. The first-order chi connectivity index (χ1) is 6.22. The molecule has 0 aliphatic rings. The highest BCUT2D eigenvalue weighted by Crippen LogP contribution is 1.96. The van der Waals surface area contributed by atoms with E-state index in [-0.39, 0.29) is 19.0 Å². The lowest BCUT2D eigenvalue weighted by Crippen LogP contribution is -2.29. The van der Waals surface area contributed by atoms with Crippen molar-refractivity contribution >= 4 is 5.91 Å². The van der Waals surface area contributed by atoms with E-state index < -0.39 is 5.82 Å². The molecule has 0 bridgehead atoms. The lowest BCUT2D eigenvalue weighted by molar-refractivity contribution is -0.119. The average molecular weight is 183 g/mol. The van der Waals surface area contributed by atoms with Gasteiger partial charge in [0.25, 0.3) is 0 Å². The van der Waals surface area contributed by atoms with Crippen LogP contribution in [0.4, 0.5) is 4.39 Å². The molecule has 13 heavy (non-hydrogen) atoms. The molecule has 0 saturated carbocycles. The van der Waals surface area contributed by atoms with E-state index in [1.54, 1.807) is 0 Å². The first-order valence-electron chi connectivity index (χ1n) is 3.79. The van der Waals surface area contributed by atoms with Crippen molar-refractivity contribution in [1.29, 1.82) is 0 Å². The fraction of sp³-hybridized carbons (Fsp3) is 0.250. The molecule has 0 aliphatic heterocycles. The third-order valence-electron chi connectivity index (χ3n) is 1.44. The Hall–Kier alpha value is -1.49. The van der Waals surface area contributed by atoms with Gasteiger partial charge in [-0.15, -0.1) is 0 Å². The minimum absolute atomic E-state index is 0.0544. The summed E-state index contributed by atoms with van der Waals surface area (Å²) in [4.78, 5) is 14.5. The van der Waals surface area contributed by atoms with Crippen LogP contribution in [-0.4, -0.2) is 17.4 Å².